The first-order valence-corrected chi connectivity index (χ1v) is 10.3. The molecule has 3 aromatic rings. The number of hydrogen-bond acceptors (Lipinski definition) is 6. The predicted octanol–water partition coefficient (Wildman–Crippen LogP) is 4.60. The Labute approximate surface area is 176 Å². The Morgan fingerprint density at radius 3 is 2.50 bits per heavy atom. The van der Waals surface area contributed by atoms with E-state index in [0.717, 1.165) is 17.5 Å². The van der Waals surface area contributed by atoms with Crippen LogP contribution in [0.4, 0.5) is 21.7 Å². The second-order valence-electron chi connectivity index (χ2n) is 7.69. The summed E-state index contributed by atoms with van der Waals surface area (Å²) in [5, 5.41) is 11.3. The standard InChI is InChI=1S/C23H26FN5O/c1-4-17-5-7-18(8-6-17)19-9-22(28-26-11-19)27-21-10-23(25-12-20(21)24)29-13-15(2)30-16(3)14-29/h5-12,15-16H,4,13-14H2,1-3H3,(H,25,27,28)/t15-,16+. The average Bonchev–Trinajstić information content (AvgIpc) is 2.75. The van der Waals surface area contributed by atoms with Gasteiger partial charge in [-0.15, -0.1) is 5.10 Å². The number of aromatic nitrogens is 3. The fraction of sp³-hybridized carbons (Fsp3) is 0.348. The van der Waals surface area contributed by atoms with Crippen molar-refractivity contribution in [1.29, 1.82) is 0 Å². The SMILES string of the molecule is CCc1ccc(-c2cnnc(Nc3cc(N4C[C@@H](C)O[C@@H](C)C4)ncc3F)c2)cc1. The first-order valence-electron chi connectivity index (χ1n) is 10.3. The number of ether oxygens (including phenoxy) is 1. The van der Waals surface area contributed by atoms with Crippen molar-refractivity contribution in [2.24, 2.45) is 0 Å². The number of morpholine rings is 1. The van der Waals surface area contributed by atoms with E-state index in [-0.39, 0.29) is 12.2 Å². The minimum absolute atomic E-state index is 0.0960. The molecule has 0 unspecified atom stereocenters. The lowest BCUT2D eigenvalue weighted by molar-refractivity contribution is -0.00545. The summed E-state index contributed by atoms with van der Waals surface area (Å²) in [5.74, 6) is 0.750. The van der Waals surface area contributed by atoms with Crippen LogP contribution < -0.4 is 10.2 Å². The van der Waals surface area contributed by atoms with Crippen LogP contribution in [0.1, 0.15) is 26.3 Å². The highest BCUT2D eigenvalue weighted by Crippen LogP contribution is 2.27. The second kappa shape index (κ2) is 8.75. The van der Waals surface area contributed by atoms with Crippen molar-refractivity contribution >= 4 is 17.3 Å². The molecule has 0 bridgehead atoms. The molecule has 1 N–H and O–H groups in total. The summed E-state index contributed by atoms with van der Waals surface area (Å²) in [4.78, 5) is 6.39. The van der Waals surface area contributed by atoms with Gasteiger partial charge in [0.25, 0.3) is 0 Å². The van der Waals surface area contributed by atoms with Crippen LogP contribution >= 0.6 is 0 Å². The highest BCUT2D eigenvalue weighted by Gasteiger charge is 2.24. The van der Waals surface area contributed by atoms with E-state index in [1.165, 1.54) is 11.8 Å². The van der Waals surface area contributed by atoms with Gasteiger partial charge in [0.05, 0.1) is 30.3 Å². The average molecular weight is 407 g/mol. The van der Waals surface area contributed by atoms with Gasteiger partial charge in [0.2, 0.25) is 0 Å². The molecule has 3 heterocycles. The zero-order valence-electron chi connectivity index (χ0n) is 17.5. The molecule has 7 heteroatoms. The molecule has 1 aromatic carbocycles. The van der Waals surface area contributed by atoms with Gasteiger partial charge in [-0.2, -0.15) is 5.10 Å². The molecule has 0 radical (unpaired) electrons. The third kappa shape index (κ3) is 4.57. The molecule has 0 aliphatic carbocycles. The quantitative estimate of drug-likeness (QED) is 0.667. The summed E-state index contributed by atoms with van der Waals surface area (Å²) in [6.45, 7) is 7.61. The van der Waals surface area contributed by atoms with Crippen LogP contribution in [0, 0.1) is 5.82 Å². The molecule has 2 atom stereocenters. The predicted molar refractivity (Wildman–Crippen MR) is 117 cm³/mol. The molecular weight excluding hydrogens is 381 g/mol. The minimum atomic E-state index is -0.437. The van der Waals surface area contributed by atoms with Gasteiger partial charge >= 0.3 is 0 Å². The van der Waals surface area contributed by atoms with Crippen LogP contribution in [0.2, 0.25) is 0 Å². The van der Waals surface area contributed by atoms with Crippen molar-refractivity contribution in [3.8, 4) is 11.1 Å². The Morgan fingerprint density at radius 2 is 1.80 bits per heavy atom. The van der Waals surface area contributed by atoms with Crippen LogP contribution in [0.5, 0.6) is 0 Å². The van der Waals surface area contributed by atoms with Crippen LogP contribution in [-0.2, 0) is 11.2 Å². The number of nitrogens with one attached hydrogen (secondary N) is 1. The Hall–Kier alpha value is -3.06. The summed E-state index contributed by atoms with van der Waals surface area (Å²) in [6.07, 6.45) is 4.13. The van der Waals surface area contributed by atoms with E-state index in [1.54, 1.807) is 12.3 Å². The number of anilines is 3. The lowest BCUT2D eigenvalue weighted by atomic mass is 10.1. The van der Waals surface area contributed by atoms with Gasteiger partial charge < -0.3 is 15.0 Å². The van der Waals surface area contributed by atoms with Crippen molar-refractivity contribution in [3.05, 3.63) is 60.2 Å². The molecule has 1 aliphatic rings. The molecule has 30 heavy (non-hydrogen) atoms. The maximum Gasteiger partial charge on any atom is 0.165 e. The summed E-state index contributed by atoms with van der Waals surface area (Å²) < 4.78 is 20.2. The van der Waals surface area contributed by atoms with Gasteiger partial charge in [0.15, 0.2) is 11.6 Å². The van der Waals surface area contributed by atoms with Crippen LogP contribution in [0.25, 0.3) is 11.1 Å². The van der Waals surface area contributed by atoms with Crippen LogP contribution in [0.15, 0.2) is 48.8 Å². The van der Waals surface area contributed by atoms with Crippen molar-refractivity contribution in [2.45, 2.75) is 39.4 Å². The molecule has 0 spiro atoms. The van der Waals surface area contributed by atoms with Crippen molar-refractivity contribution in [1.82, 2.24) is 15.2 Å². The van der Waals surface area contributed by atoms with Gasteiger partial charge in [-0.3, -0.25) is 0 Å². The summed E-state index contributed by atoms with van der Waals surface area (Å²) in [5.41, 5.74) is 3.55. The number of rotatable bonds is 5. The Kier molecular flexibility index (Phi) is 5.90. The third-order valence-electron chi connectivity index (χ3n) is 5.20. The van der Waals surface area contributed by atoms with E-state index in [0.29, 0.717) is 30.4 Å². The Bertz CT molecular complexity index is 1000. The molecule has 2 aromatic heterocycles. The van der Waals surface area contributed by atoms with Gasteiger partial charge in [-0.25, -0.2) is 9.37 Å². The highest BCUT2D eigenvalue weighted by molar-refractivity contribution is 5.68. The Balaban J connectivity index is 1.56. The van der Waals surface area contributed by atoms with Crippen molar-refractivity contribution in [3.63, 3.8) is 0 Å². The molecular formula is C23H26FN5O. The summed E-state index contributed by atoms with van der Waals surface area (Å²) in [6, 6.07) is 11.9. The third-order valence-corrected chi connectivity index (χ3v) is 5.20. The number of nitrogens with zero attached hydrogens (tertiary/aromatic N) is 4. The minimum Gasteiger partial charge on any atom is -0.372 e. The summed E-state index contributed by atoms with van der Waals surface area (Å²) in [7, 11) is 0. The monoisotopic (exact) mass is 407 g/mol. The molecule has 1 fully saturated rings. The molecule has 1 saturated heterocycles. The Morgan fingerprint density at radius 1 is 1.07 bits per heavy atom. The van der Waals surface area contributed by atoms with E-state index in [9.17, 15) is 4.39 Å². The van der Waals surface area contributed by atoms with E-state index in [1.807, 2.05) is 19.9 Å². The molecule has 0 amide bonds. The molecule has 4 rings (SSSR count). The number of hydrogen-bond donors (Lipinski definition) is 1. The van der Waals surface area contributed by atoms with Gasteiger partial charge in [-0.05, 0) is 37.5 Å². The highest BCUT2D eigenvalue weighted by atomic mass is 19.1. The molecule has 0 saturated carbocycles. The normalized spacial score (nSPS) is 19.0. The fourth-order valence-corrected chi connectivity index (χ4v) is 3.72. The number of aryl methyl sites for hydroxylation is 1. The second-order valence-corrected chi connectivity index (χ2v) is 7.69. The zero-order valence-corrected chi connectivity index (χ0v) is 17.5. The number of benzene rings is 1. The lowest BCUT2D eigenvalue weighted by Gasteiger charge is -2.36. The summed E-state index contributed by atoms with van der Waals surface area (Å²) >= 11 is 0. The zero-order chi connectivity index (χ0) is 21.1. The van der Waals surface area contributed by atoms with Gasteiger partial charge in [0, 0.05) is 24.7 Å². The number of halogens is 1. The van der Waals surface area contributed by atoms with Crippen molar-refractivity contribution in [2.75, 3.05) is 23.3 Å². The van der Waals surface area contributed by atoms with E-state index >= 15 is 0 Å². The number of pyridine rings is 1. The molecule has 6 nitrogen and oxygen atoms in total. The largest absolute Gasteiger partial charge is 0.372 e. The van der Waals surface area contributed by atoms with Crippen molar-refractivity contribution < 1.29 is 9.13 Å². The van der Waals surface area contributed by atoms with Gasteiger partial charge in [0.1, 0.15) is 5.82 Å². The van der Waals surface area contributed by atoms with E-state index < -0.39 is 5.82 Å². The van der Waals surface area contributed by atoms with E-state index in [2.05, 4.69) is 56.6 Å². The fourth-order valence-electron chi connectivity index (χ4n) is 3.72. The first-order chi connectivity index (χ1) is 14.5. The molecule has 156 valence electrons. The van der Waals surface area contributed by atoms with Crippen LogP contribution in [-0.4, -0.2) is 40.5 Å². The topological polar surface area (TPSA) is 63.2 Å². The maximum atomic E-state index is 14.5. The van der Waals surface area contributed by atoms with Crippen LogP contribution in [0.3, 0.4) is 0 Å². The first kappa shape index (κ1) is 20.2. The smallest absolute Gasteiger partial charge is 0.165 e. The van der Waals surface area contributed by atoms with E-state index in [4.69, 9.17) is 4.74 Å². The lowest BCUT2D eigenvalue weighted by Crippen LogP contribution is -2.45. The molecule has 1 aliphatic heterocycles. The van der Waals surface area contributed by atoms with Gasteiger partial charge in [-0.1, -0.05) is 31.2 Å². The maximum absolute atomic E-state index is 14.5.